The van der Waals surface area contributed by atoms with Crippen LogP contribution in [0.2, 0.25) is 0 Å². The van der Waals surface area contributed by atoms with Gasteiger partial charge in [0.05, 0.1) is 18.6 Å². The van der Waals surface area contributed by atoms with Crippen LogP contribution in [-0.4, -0.2) is 25.0 Å². The van der Waals surface area contributed by atoms with Crippen molar-refractivity contribution < 1.29 is 27.4 Å². The summed E-state index contributed by atoms with van der Waals surface area (Å²) < 4.78 is 44.4. The van der Waals surface area contributed by atoms with E-state index in [2.05, 4.69) is 4.74 Å². The van der Waals surface area contributed by atoms with Gasteiger partial charge in [-0.1, -0.05) is 0 Å². The SMILES string of the molecule is CCOC(=O)C1CCC(OC(F)(F)F)CC1. The molecule has 1 rings (SSSR count). The number of carbonyl (C=O) groups excluding carboxylic acids is 1. The summed E-state index contributed by atoms with van der Waals surface area (Å²) in [7, 11) is 0. The summed E-state index contributed by atoms with van der Waals surface area (Å²) in [5.74, 6) is -0.582. The molecule has 6 heteroatoms. The molecule has 0 saturated heterocycles. The number of hydrogen-bond acceptors (Lipinski definition) is 3. The van der Waals surface area contributed by atoms with Gasteiger partial charge < -0.3 is 4.74 Å². The number of alkyl halides is 3. The first-order chi connectivity index (χ1) is 7.42. The van der Waals surface area contributed by atoms with E-state index in [1.807, 2.05) is 0 Å². The molecule has 0 bridgehead atoms. The topological polar surface area (TPSA) is 35.5 Å². The fourth-order valence-electron chi connectivity index (χ4n) is 1.87. The van der Waals surface area contributed by atoms with Gasteiger partial charge in [0.2, 0.25) is 0 Å². The molecule has 0 N–H and O–H groups in total. The first-order valence-corrected chi connectivity index (χ1v) is 5.33. The van der Waals surface area contributed by atoms with E-state index in [4.69, 9.17) is 4.74 Å². The average Bonchev–Trinajstić information content (AvgIpc) is 2.16. The molecule has 0 radical (unpaired) electrons. The average molecular weight is 240 g/mol. The van der Waals surface area contributed by atoms with Crippen molar-refractivity contribution in [3.63, 3.8) is 0 Å². The van der Waals surface area contributed by atoms with Crippen LogP contribution in [-0.2, 0) is 14.3 Å². The maximum Gasteiger partial charge on any atom is 0.522 e. The number of rotatable bonds is 3. The van der Waals surface area contributed by atoms with Crippen LogP contribution in [0.15, 0.2) is 0 Å². The van der Waals surface area contributed by atoms with E-state index in [1.54, 1.807) is 6.92 Å². The molecular weight excluding hydrogens is 225 g/mol. The molecule has 0 unspecified atom stereocenters. The maximum absolute atomic E-state index is 11.9. The highest BCUT2D eigenvalue weighted by Gasteiger charge is 2.36. The van der Waals surface area contributed by atoms with E-state index in [0.717, 1.165) is 0 Å². The monoisotopic (exact) mass is 240 g/mol. The minimum atomic E-state index is -4.58. The predicted octanol–water partition coefficient (Wildman–Crippen LogP) is 2.64. The number of ether oxygens (including phenoxy) is 2. The van der Waals surface area contributed by atoms with Crippen molar-refractivity contribution in [2.24, 2.45) is 5.92 Å². The highest BCUT2D eigenvalue weighted by molar-refractivity contribution is 5.72. The Balaban J connectivity index is 2.31. The molecule has 16 heavy (non-hydrogen) atoms. The van der Waals surface area contributed by atoms with Gasteiger partial charge in [-0.15, -0.1) is 13.2 Å². The second kappa shape index (κ2) is 5.52. The van der Waals surface area contributed by atoms with Gasteiger partial charge >= 0.3 is 12.3 Å². The lowest BCUT2D eigenvalue weighted by molar-refractivity contribution is -0.345. The number of hydrogen-bond donors (Lipinski definition) is 0. The lowest BCUT2D eigenvalue weighted by Gasteiger charge is -2.27. The van der Waals surface area contributed by atoms with E-state index >= 15 is 0 Å². The maximum atomic E-state index is 11.9. The molecule has 0 amide bonds. The molecule has 1 saturated carbocycles. The molecular formula is C10H15F3O3. The second-order valence-corrected chi connectivity index (χ2v) is 3.79. The number of halogens is 3. The first-order valence-electron chi connectivity index (χ1n) is 5.33. The van der Waals surface area contributed by atoms with Crippen LogP contribution in [0.5, 0.6) is 0 Å². The third kappa shape index (κ3) is 4.38. The van der Waals surface area contributed by atoms with E-state index in [9.17, 15) is 18.0 Å². The Morgan fingerprint density at radius 1 is 1.25 bits per heavy atom. The van der Waals surface area contributed by atoms with Gasteiger partial charge in [-0.3, -0.25) is 9.53 Å². The summed E-state index contributed by atoms with van der Waals surface area (Å²) >= 11 is 0. The van der Waals surface area contributed by atoms with Gasteiger partial charge in [0, 0.05) is 0 Å². The van der Waals surface area contributed by atoms with Crippen LogP contribution < -0.4 is 0 Å². The molecule has 1 aliphatic carbocycles. The number of esters is 1. The van der Waals surface area contributed by atoms with Crippen molar-refractivity contribution in [1.82, 2.24) is 0 Å². The zero-order chi connectivity index (χ0) is 12.2. The largest absolute Gasteiger partial charge is 0.522 e. The van der Waals surface area contributed by atoms with E-state index < -0.39 is 12.5 Å². The molecule has 94 valence electrons. The van der Waals surface area contributed by atoms with Crippen LogP contribution in [0, 0.1) is 5.92 Å². The lowest BCUT2D eigenvalue weighted by atomic mass is 9.87. The van der Waals surface area contributed by atoms with Gasteiger partial charge in [0.15, 0.2) is 0 Å². The van der Waals surface area contributed by atoms with Gasteiger partial charge in [-0.2, -0.15) is 0 Å². The summed E-state index contributed by atoms with van der Waals surface area (Å²) in [6.45, 7) is 2.01. The van der Waals surface area contributed by atoms with E-state index in [0.29, 0.717) is 19.4 Å². The van der Waals surface area contributed by atoms with E-state index in [1.165, 1.54) is 0 Å². The van der Waals surface area contributed by atoms with Gasteiger partial charge in [-0.25, -0.2) is 0 Å². The van der Waals surface area contributed by atoms with Crippen molar-refractivity contribution in [1.29, 1.82) is 0 Å². The van der Waals surface area contributed by atoms with Crippen molar-refractivity contribution in [2.45, 2.75) is 45.1 Å². The van der Waals surface area contributed by atoms with Crippen LogP contribution in [0.1, 0.15) is 32.6 Å². The van der Waals surface area contributed by atoms with Crippen LogP contribution in [0.3, 0.4) is 0 Å². The fraction of sp³-hybridized carbons (Fsp3) is 0.900. The van der Waals surface area contributed by atoms with E-state index in [-0.39, 0.29) is 24.7 Å². The third-order valence-corrected chi connectivity index (χ3v) is 2.59. The quantitative estimate of drug-likeness (QED) is 0.711. The van der Waals surface area contributed by atoms with Crippen molar-refractivity contribution in [3.8, 4) is 0 Å². The summed E-state index contributed by atoms with van der Waals surface area (Å²) in [5, 5.41) is 0. The van der Waals surface area contributed by atoms with Crippen molar-refractivity contribution in [3.05, 3.63) is 0 Å². The van der Waals surface area contributed by atoms with Gasteiger partial charge in [0.25, 0.3) is 0 Å². The Morgan fingerprint density at radius 2 is 1.81 bits per heavy atom. The van der Waals surface area contributed by atoms with Crippen LogP contribution in [0.25, 0.3) is 0 Å². The second-order valence-electron chi connectivity index (χ2n) is 3.79. The summed E-state index contributed by atoms with van der Waals surface area (Å²) in [5.41, 5.74) is 0. The highest BCUT2D eigenvalue weighted by Crippen LogP contribution is 2.31. The van der Waals surface area contributed by atoms with Crippen molar-refractivity contribution in [2.75, 3.05) is 6.61 Å². The standard InChI is InChI=1S/C10H15F3O3/c1-2-15-9(14)7-3-5-8(6-4-7)16-10(11,12)13/h7-8H,2-6H2,1H3. The molecule has 1 aliphatic rings. The first kappa shape index (κ1) is 13.3. The third-order valence-electron chi connectivity index (χ3n) is 2.59. The molecule has 3 nitrogen and oxygen atoms in total. The Labute approximate surface area is 91.9 Å². The smallest absolute Gasteiger partial charge is 0.466 e. The van der Waals surface area contributed by atoms with Crippen LogP contribution >= 0.6 is 0 Å². The molecule has 0 aromatic carbocycles. The molecule has 0 spiro atoms. The molecule has 0 aliphatic heterocycles. The Hall–Kier alpha value is -0.780. The molecule has 0 heterocycles. The lowest BCUT2D eigenvalue weighted by Crippen LogP contribution is -2.31. The summed E-state index contributed by atoms with van der Waals surface area (Å²) in [6.07, 6.45) is -4.09. The zero-order valence-electron chi connectivity index (χ0n) is 9.05. The van der Waals surface area contributed by atoms with Gasteiger partial charge in [0.1, 0.15) is 0 Å². The van der Waals surface area contributed by atoms with Crippen molar-refractivity contribution >= 4 is 5.97 Å². The Kier molecular flexibility index (Phi) is 4.58. The highest BCUT2D eigenvalue weighted by atomic mass is 19.4. The molecule has 0 aromatic heterocycles. The zero-order valence-corrected chi connectivity index (χ0v) is 9.05. The molecule has 0 aromatic rings. The normalized spacial score (nSPS) is 26.5. The summed E-state index contributed by atoms with van der Waals surface area (Å²) in [4.78, 5) is 11.3. The molecule has 0 atom stereocenters. The summed E-state index contributed by atoms with van der Waals surface area (Å²) in [6, 6.07) is 0. The number of carbonyl (C=O) groups is 1. The Morgan fingerprint density at radius 3 is 2.25 bits per heavy atom. The molecule has 1 fully saturated rings. The minimum absolute atomic E-state index is 0.253. The Bertz CT molecular complexity index is 232. The predicted molar refractivity (Wildman–Crippen MR) is 49.5 cm³/mol. The van der Waals surface area contributed by atoms with Crippen LogP contribution in [0.4, 0.5) is 13.2 Å². The minimum Gasteiger partial charge on any atom is -0.466 e. The van der Waals surface area contributed by atoms with Gasteiger partial charge in [-0.05, 0) is 32.6 Å². The fourth-order valence-corrected chi connectivity index (χ4v) is 1.87.